The molecule has 0 spiro atoms. The molecule has 1 amide bonds. The fraction of sp³-hybridized carbons (Fsp3) is 0.537. The summed E-state index contributed by atoms with van der Waals surface area (Å²) in [6.45, 7) is 4.39. The third-order valence-corrected chi connectivity index (χ3v) is 10.6. The van der Waals surface area contributed by atoms with E-state index in [-0.39, 0.29) is 70.4 Å². The second-order valence-electron chi connectivity index (χ2n) is 13.7. The molecule has 2 aliphatic carbocycles. The Bertz CT molecular complexity index is 1630. The molecule has 0 saturated heterocycles. The van der Waals surface area contributed by atoms with Crippen LogP contribution in [0.4, 0.5) is 4.79 Å². The summed E-state index contributed by atoms with van der Waals surface area (Å²) in [5.74, 6) is -0.509. The van der Waals surface area contributed by atoms with Crippen molar-refractivity contribution >= 4 is 18.1 Å². The number of methoxy groups -OCH3 is 1. The van der Waals surface area contributed by atoms with Crippen molar-refractivity contribution in [3.63, 3.8) is 0 Å². The van der Waals surface area contributed by atoms with Crippen LogP contribution < -0.4 is 9.47 Å². The third kappa shape index (κ3) is 8.98. The summed E-state index contributed by atoms with van der Waals surface area (Å²) in [6.07, 6.45) is 8.73. The molecule has 1 heterocycles. The Balaban J connectivity index is 1.74. The van der Waals surface area contributed by atoms with E-state index < -0.39 is 23.8 Å². The lowest BCUT2D eigenvalue weighted by molar-refractivity contribution is -0.255. The van der Waals surface area contributed by atoms with Crippen LogP contribution in [0.15, 0.2) is 71.9 Å². The van der Waals surface area contributed by atoms with E-state index in [2.05, 4.69) is 17.8 Å². The monoisotopic (exact) mass is 750 g/mol. The van der Waals surface area contributed by atoms with Gasteiger partial charge in [0.05, 0.1) is 45.2 Å². The number of aliphatic hydroxyl groups is 3. The minimum atomic E-state index is -1.46. The van der Waals surface area contributed by atoms with Gasteiger partial charge in [-0.3, -0.25) is 9.69 Å². The maximum atomic E-state index is 13.7. The van der Waals surface area contributed by atoms with Crippen LogP contribution in [-0.4, -0.2) is 111 Å². The van der Waals surface area contributed by atoms with Gasteiger partial charge in [-0.25, -0.2) is 4.79 Å². The zero-order valence-corrected chi connectivity index (χ0v) is 31.3. The van der Waals surface area contributed by atoms with E-state index in [4.69, 9.17) is 28.5 Å². The molecule has 6 atom stereocenters. The van der Waals surface area contributed by atoms with Crippen LogP contribution in [0.3, 0.4) is 0 Å². The Morgan fingerprint density at radius 2 is 1.80 bits per heavy atom. The molecule has 294 valence electrons. The van der Waals surface area contributed by atoms with E-state index in [1.807, 2.05) is 18.2 Å². The lowest BCUT2D eigenvalue weighted by atomic mass is 9.55. The Hall–Kier alpha value is -4.27. The molecule has 0 bridgehead atoms. The van der Waals surface area contributed by atoms with Crippen LogP contribution in [0.1, 0.15) is 66.8 Å². The molecule has 13 heteroatoms. The first-order valence-corrected chi connectivity index (χ1v) is 18.8. The minimum Gasteiger partial charge on any atom is -0.459 e. The Morgan fingerprint density at radius 3 is 2.50 bits per heavy atom. The number of allylic oxidation sites excluding steroid dienone is 1. The van der Waals surface area contributed by atoms with Crippen molar-refractivity contribution in [3.8, 4) is 17.2 Å². The van der Waals surface area contributed by atoms with Crippen LogP contribution in [-0.2, 0) is 19.0 Å². The summed E-state index contributed by atoms with van der Waals surface area (Å²) in [5.41, 5.74) is 2.92. The average Bonchev–Trinajstić information content (AvgIpc) is 3.19. The summed E-state index contributed by atoms with van der Waals surface area (Å²) in [5, 5.41) is 33.5. The van der Waals surface area contributed by atoms with Crippen molar-refractivity contribution < 1.29 is 53.4 Å². The molecule has 54 heavy (non-hydrogen) atoms. The highest BCUT2D eigenvalue weighted by molar-refractivity contribution is 6.03. The van der Waals surface area contributed by atoms with Gasteiger partial charge in [-0.2, -0.15) is 0 Å². The number of aldehydes is 1. The lowest BCUT2D eigenvalue weighted by Crippen LogP contribution is -2.70. The molecule has 13 nitrogen and oxygen atoms in total. The summed E-state index contributed by atoms with van der Waals surface area (Å²) in [4.78, 5) is 32.3. The number of fused-ring (bicyclic) bond motifs is 2. The standard InChI is InChI=1S/C41H54N2O11/c1-4-20-52-41-37(43(40(48)49-2)16-21-51-22-19-46)26-35(42-50-3)33-24-29(11-5-7-17-44)32(13-6-8-18-45)38(39(33)41)34-25-31(14-15-36(34)54-41)53-30-12-9-10-28(23-30)27-47/h4,9-10,12,14-15,23-25,27,29,32,37-39,44-46H,1,5-8,11,13,16-22,26H2,2-3H3. The normalized spacial score (nSPS) is 24.7. The van der Waals surface area contributed by atoms with Crippen molar-refractivity contribution in [2.75, 3.05) is 60.4 Å². The number of nitrogens with zero attached hydrogens (tertiary/aromatic N) is 2. The Labute approximate surface area is 317 Å². The molecule has 1 aliphatic heterocycles. The first-order valence-electron chi connectivity index (χ1n) is 18.8. The van der Waals surface area contributed by atoms with Gasteiger partial charge >= 0.3 is 6.09 Å². The molecular formula is C41H54N2O11. The number of hydrogen-bond donors (Lipinski definition) is 3. The molecule has 0 radical (unpaired) electrons. The van der Waals surface area contributed by atoms with Gasteiger partial charge in [-0.1, -0.05) is 42.3 Å². The molecule has 5 rings (SSSR count). The number of oxime groups is 1. The van der Waals surface area contributed by atoms with Gasteiger partial charge in [-0.05, 0) is 73.4 Å². The van der Waals surface area contributed by atoms with Gasteiger partial charge < -0.3 is 43.8 Å². The number of carbonyl (C=O) groups is 2. The fourth-order valence-corrected chi connectivity index (χ4v) is 8.43. The van der Waals surface area contributed by atoms with Crippen LogP contribution in [0.5, 0.6) is 17.2 Å². The first-order chi connectivity index (χ1) is 26.4. The first kappa shape index (κ1) is 40.9. The zero-order valence-electron chi connectivity index (χ0n) is 31.3. The van der Waals surface area contributed by atoms with Crippen LogP contribution in [0.25, 0.3) is 0 Å². The maximum Gasteiger partial charge on any atom is 0.410 e. The minimum absolute atomic E-state index is 0.0222. The average molecular weight is 751 g/mol. The van der Waals surface area contributed by atoms with Gasteiger partial charge in [0.1, 0.15) is 36.7 Å². The summed E-state index contributed by atoms with van der Waals surface area (Å²) in [6, 6.07) is 11.8. The number of aliphatic hydroxyl groups excluding tert-OH is 3. The van der Waals surface area contributed by atoms with Gasteiger partial charge in [0, 0.05) is 43.2 Å². The molecule has 1 saturated carbocycles. The third-order valence-electron chi connectivity index (χ3n) is 10.6. The summed E-state index contributed by atoms with van der Waals surface area (Å²) >= 11 is 0. The van der Waals surface area contributed by atoms with Gasteiger partial charge in [0.25, 0.3) is 0 Å². The van der Waals surface area contributed by atoms with E-state index in [1.165, 1.54) is 14.2 Å². The number of benzene rings is 2. The lowest BCUT2D eigenvalue weighted by Gasteiger charge is -2.59. The maximum absolute atomic E-state index is 13.7. The molecule has 2 aromatic rings. The van der Waals surface area contributed by atoms with E-state index >= 15 is 0 Å². The van der Waals surface area contributed by atoms with Crippen molar-refractivity contribution in [3.05, 3.63) is 77.9 Å². The largest absolute Gasteiger partial charge is 0.459 e. The number of hydrogen-bond acceptors (Lipinski definition) is 12. The zero-order chi connectivity index (χ0) is 38.5. The predicted octanol–water partition coefficient (Wildman–Crippen LogP) is 5.63. The Morgan fingerprint density at radius 1 is 1.02 bits per heavy atom. The van der Waals surface area contributed by atoms with Crippen LogP contribution in [0, 0.1) is 17.8 Å². The fourth-order valence-electron chi connectivity index (χ4n) is 8.43. The molecule has 1 fully saturated rings. The SMILES string of the molecule is C=CCOC12Oc3ccc(Oc4cccc(C=O)c4)cc3C3C(CCCCO)C(CCCCO)C=C(C(=NOC)CC1N(CCOCCO)C(=O)OC)C32. The van der Waals surface area contributed by atoms with Crippen molar-refractivity contribution in [2.45, 2.75) is 62.7 Å². The molecule has 6 unspecified atom stereocenters. The smallest absolute Gasteiger partial charge is 0.410 e. The molecule has 2 aromatic carbocycles. The highest BCUT2D eigenvalue weighted by Gasteiger charge is 2.65. The highest BCUT2D eigenvalue weighted by atomic mass is 16.7. The molecule has 3 aliphatic rings. The van der Waals surface area contributed by atoms with E-state index in [9.17, 15) is 24.9 Å². The van der Waals surface area contributed by atoms with Crippen LogP contribution in [0.2, 0.25) is 0 Å². The van der Waals surface area contributed by atoms with Crippen LogP contribution >= 0.6 is 0 Å². The number of unbranched alkanes of at least 4 members (excludes halogenated alkanes) is 2. The highest BCUT2D eigenvalue weighted by Crippen LogP contribution is 2.62. The van der Waals surface area contributed by atoms with E-state index in [0.29, 0.717) is 41.4 Å². The quantitative estimate of drug-likeness (QED) is 0.0627. The van der Waals surface area contributed by atoms with Crippen molar-refractivity contribution in [2.24, 2.45) is 22.9 Å². The van der Waals surface area contributed by atoms with E-state index in [1.54, 1.807) is 35.2 Å². The number of rotatable bonds is 21. The Kier molecular flexibility index (Phi) is 15.1. The molecule has 0 aromatic heterocycles. The second-order valence-corrected chi connectivity index (χ2v) is 13.7. The van der Waals surface area contributed by atoms with Crippen molar-refractivity contribution in [1.82, 2.24) is 4.90 Å². The predicted molar refractivity (Wildman–Crippen MR) is 201 cm³/mol. The van der Waals surface area contributed by atoms with Gasteiger partial charge in [-0.15, -0.1) is 6.58 Å². The number of ether oxygens (including phenoxy) is 5. The summed E-state index contributed by atoms with van der Waals surface area (Å²) < 4.78 is 31.3. The van der Waals surface area contributed by atoms with Gasteiger partial charge in [0.15, 0.2) is 0 Å². The molecular weight excluding hydrogens is 696 g/mol. The second kappa shape index (κ2) is 19.9. The topological polar surface area (TPSA) is 166 Å². The van der Waals surface area contributed by atoms with Gasteiger partial charge in [0.2, 0.25) is 5.79 Å². The number of carbonyl (C=O) groups excluding carboxylic acids is 2. The molecule has 3 N–H and O–H groups in total. The number of amides is 1. The van der Waals surface area contributed by atoms with Crippen molar-refractivity contribution in [1.29, 1.82) is 0 Å². The summed E-state index contributed by atoms with van der Waals surface area (Å²) in [7, 11) is 2.81. The van der Waals surface area contributed by atoms with E-state index in [0.717, 1.165) is 43.1 Å².